The second-order valence-electron chi connectivity index (χ2n) is 5.25. The second-order valence-corrected chi connectivity index (χ2v) is 6.52. The summed E-state index contributed by atoms with van der Waals surface area (Å²) in [7, 11) is 0. The topological polar surface area (TPSA) is 53.7 Å². The molecule has 2 aliphatic heterocycles. The molecule has 20 heavy (non-hydrogen) atoms. The van der Waals surface area contributed by atoms with Gasteiger partial charge in [-0.1, -0.05) is 6.07 Å². The van der Waals surface area contributed by atoms with Crippen molar-refractivity contribution in [3.63, 3.8) is 0 Å². The molecular weight excluding hydrogens is 274 g/mol. The first-order valence-electron chi connectivity index (χ1n) is 7.12. The molecule has 1 fully saturated rings. The lowest BCUT2D eigenvalue weighted by Gasteiger charge is -2.21. The van der Waals surface area contributed by atoms with E-state index in [1.54, 1.807) is 0 Å². The van der Waals surface area contributed by atoms with Crippen molar-refractivity contribution in [3.05, 3.63) is 23.8 Å². The average molecular weight is 295 g/mol. The van der Waals surface area contributed by atoms with Gasteiger partial charge >= 0.3 is 0 Å². The number of ether oxygens (including phenoxy) is 3. The maximum Gasteiger partial charge on any atom is 0.161 e. The minimum atomic E-state index is 0.0172. The summed E-state index contributed by atoms with van der Waals surface area (Å²) in [6, 6.07) is 6.01. The van der Waals surface area contributed by atoms with E-state index in [4.69, 9.17) is 19.9 Å². The highest BCUT2D eigenvalue weighted by molar-refractivity contribution is 8.00. The first-order chi connectivity index (χ1) is 9.74. The molecule has 3 unspecified atom stereocenters. The van der Waals surface area contributed by atoms with E-state index >= 15 is 0 Å². The van der Waals surface area contributed by atoms with Crippen LogP contribution in [0.3, 0.4) is 0 Å². The van der Waals surface area contributed by atoms with Gasteiger partial charge in [0, 0.05) is 23.7 Å². The summed E-state index contributed by atoms with van der Waals surface area (Å²) in [5.41, 5.74) is 7.40. The highest BCUT2D eigenvalue weighted by Gasteiger charge is 2.25. The van der Waals surface area contributed by atoms with E-state index in [1.165, 1.54) is 0 Å². The molecule has 1 aromatic carbocycles. The highest BCUT2D eigenvalue weighted by atomic mass is 32.2. The van der Waals surface area contributed by atoms with Crippen LogP contribution in [0.5, 0.6) is 11.5 Å². The Morgan fingerprint density at radius 2 is 2.05 bits per heavy atom. The van der Waals surface area contributed by atoms with Crippen molar-refractivity contribution in [2.75, 3.05) is 25.6 Å². The van der Waals surface area contributed by atoms with Gasteiger partial charge < -0.3 is 19.9 Å². The second kappa shape index (κ2) is 6.24. The van der Waals surface area contributed by atoms with Gasteiger partial charge in [0.05, 0.1) is 6.10 Å². The van der Waals surface area contributed by atoms with Crippen LogP contribution < -0.4 is 15.2 Å². The van der Waals surface area contributed by atoms with Crippen LogP contribution in [0.25, 0.3) is 0 Å². The minimum Gasteiger partial charge on any atom is -0.486 e. The maximum absolute atomic E-state index is 6.29. The van der Waals surface area contributed by atoms with Crippen molar-refractivity contribution < 1.29 is 14.2 Å². The third-order valence-electron chi connectivity index (χ3n) is 3.79. The summed E-state index contributed by atoms with van der Waals surface area (Å²) in [6.45, 7) is 4.24. The zero-order valence-electron chi connectivity index (χ0n) is 11.7. The fourth-order valence-corrected chi connectivity index (χ4v) is 3.80. The molecule has 0 aromatic heterocycles. The average Bonchev–Trinajstić information content (AvgIpc) is 2.89. The van der Waals surface area contributed by atoms with Gasteiger partial charge in [-0.15, -0.1) is 0 Å². The summed E-state index contributed by atoms with van der Waals surface area (Å²) < 4.78 is 16.7. The van der Waals surface area contributed by atoms with Crippen molar-refractivity contribution >= 4 is 11.8 Å². The number of nitrogens with two attached hydrogens (primary N) is 1. The van der Waals surface area contributed by atoms with E-state index in [1.807, 2.05) is 30.0 Å². The molecule has 0 aliphatic carbocycles. The van der Waals surface area contributed by atoms with Crippen LogP contribution >= 0.6 is 11.8 Å². The van der Waals surface area contributed by atoms with E-state index in [0.29, 0.717) is 24.6 Å². The Morgan fingerprint density at radius 1 is 1.25 bits per heavy atom. The first-order valence-corrected chi connectivity index (χ1v) is 8.17. The van der Waals surface area contributed by atoms with Crippen LogP contribution in [0.2, 0.25) is 0 Å². The molecule has 1 aromatic rings. The number of benzene rings is 1. The fourth-order valence-electron chi connectivity index (χ4n) is 2.55. The van der Waals surface area contributed by atoms with Gasteiger partial charge in [-0.3, -0.25) is 0 Å². The van der Waals surface area contributed by atoms with Crippen LogP contribution in [0, 0.1) is 0 Å². The molecule has 3 rings (SSSR count). The Kier molecular flexibility index (Phi) is 4.38. The molecule has 0 bridgehead atoms. The highest BCUT2D eigenvalue weighted by Crippen LogP contribution is 2.34. The molecule has 1 saturated heterocycles. The molecular formula is C15H21NO3S. The molecule has 2 aliphatic rings. The van der Waals surface area contributed by atoms with E-state index in [-0.39, 0.29) is 6.04 Å². The lowest BCUT2D eigenvalue weighted by atomic mass is 10.1. The molecule has 2 N–H and O–H groups in total. The van der Waals surface area contributed by atoms with E-state index < -0.39 is 0 Å². The Hall–Kier alpha value is -0.910. The van der Waals surface area contributed by atoms with Gasteiger partial charge in [0.15, 0.2) is 11.5 Å². The van der Waals surface area contributed by atoms with Crippen molar-refractivity contribution in [1.82, 2.24) is 0 Å². The maximum atomic E-state index is 6.29. The predicted molar refractivity (Wildman–Crippen MR) is 80.6 cm³/mol. The van der Waals surface area contributed by atoms with Gasteiger partial charge in [0.25, 0.3) is 0 Å². The van der Waals surface area contributed by atoms with Crippen molar-refractivity contribution in [2.45, 2.75) is 30.7 Å². The number of rotatable bonds is 4. The van der Waals surface area contributed by atoms with Crippen LogP contribution in [0.15, 0.2) is 18.2 Å². The van der Waals surface area contributed by atoms with Crippen molar-refractivity contribution in [1.29, 1.82) is 0 Å². The van der Waals surface area contributed by atoms with Gasteiger partial charge in [-0.2, -0.15) is 11.8 Å². The zero-order valence-corrected chi connectivity index (χ0v) is 12.5. The number of fused-ring (bicyclic) bond motifs is 1. The van der Waals surface area contributed by atoms with E-state index in [9.17, 15) is 0 Å². The van der Waals surface area contributed by atoms with E-state index in [0.717, 1.165) is 35.8 Å². The van der Waals surface area contributed by atoms with Crippen LogP contribution in [0.1, 0.15) is 24.9 Å². The van der Waals surface area contributed by atoms with Crippen molar-refractivity contribution in [3.8, 4) is 11.5 Å². The number of hydrogen-bond donors (Lipinski definition) is 1. The molecule has 0 radical (unpaired) electrons. The Balaban J connectivity index is 1.60. The third-order valence-corrected chi connectivity index (χ3v) is 5.39. The normalized spacial score (nSPS) is 26.5. The minimum absolute atomic E-state index is 0.0172. The fraction of sp³-hybridized carbons (Fsp3) is 0.600. The van der Waals surface area contributed by atoms with Crippen LogP contribution in [0.4, 0.5) is 0 Å². The number of hydrogen-bond acceptors (Lipinski definition) is 5. The lowest BCUT2D eigenvalue weighted by Crippen LogP contribution is -2.20. The quantitative estimate of drug-likeness (QED) is 0.924. The molecule has 0 saturated carbocycles. The molecule has 0 spiro atoms. The summed E-state index contributed by atoms with van der Waals surface area (Å²) >= 11 is 1.91. The van der Waals surface area contributed by atoms with Gasteiger partial charge in [-0.25, -0.2) is 0 Å². The Morgan fingerprint density at radius 3 is 2.80 bits per heavy atom. The van der Waals surface area contributed by atoms with Crippen molar-refractivity contribution in [2.24, 2.45) is 5.73 Å². The number of thioether (sulfide) groups is 1. The van der Waals surface area contributed by atoms with E-state index in [2.05, 4.69) is 6.92 Å². The standard InChI is InChI=1S/C15H21NO3S/c1-10-15(4-5-17-10)20-9-12(16)11-2-3-13-14(8-11)19-7-6-18-13/h2-3,8,10,12,15H,4-7,9,16H2,1H3. The summed E-state index contributed by atoms with van der Waals surface area (Å²) in [4.78, 5) is 0. The van der Waals surface area contributed by atoms with Crippen LogP contribution in [-0.4, -0.2) is 36.9 Å². The van der Waals surface area contributed by atoms with Gasteiger partial charge in [0.2, 0.25) is 0 Å². The van der Waals surface area contributed by atoms with Gasteiger partial charge in [0.1, 0.15) is 13.2 Å². The molecule has 3 atom stereocenters. The molecule has 4 nitrogen and oxygen atoms in total. The monoisotopic (exact) mass is 295 g/mol. The lowest BCUT2D eigenvalue weighted by molar-refractivity contribution is 0.127. The molecule has 2 heterocycles. The summed E-state index contributed by atoms with van der Waals surface area (Å²) in [6.07, 6.45) is 1.46. The van der Waals surface area contributed by atoms with Gasteiger partial charge in [-0.05, 0) is 31.0 Å². The van der Waals surface area contributed by atoms with Crippen LogP contribution in [-0.2, 0) is 4.74 Å². The summed E-state index contributed by atoms with van der Waals surface area (Å²) in [5.74, 6) is 2.53. The Bertz CT molecular complexity index is 468. The molecule has 110 valence electrons. The first kappa shape index (κ1) is 14.0. The zero-order chi connectivity index (χ0) is 13.9. The SMILES string of the molecule is CC1OCCC1SCC(N)c1ccc2c(c1)OCCO2. The Labute approximate surface area is 124 Å². The molecule has 5 heteroatoms. The summed E-state index contributed by atoms with van der Waals surface area (Å²) in [5, 5.41) is 0.568. The molecule has 0 amide bonds. The third kappa shape index (κ3) is 3.05. The smallest absolute Gasteiger partial charge is 0.161 e. The largest absolute Gasteiger partial charge is 0.486 e. The predicted octanol–water partition coefficient (Wildman–Crippen LogP) is 2.37.